The van der Waals surface area contributed by atoms with Crippen LogP contribution in [0.1, 0.15) is 10.4 Å². The van der Waals surface area contributed by atoms with Crippen molar-refractivity contribution in [2.75, 3.05) is 5.32 Å². The van der Waals surface area contributed by atoms with Crippen molar-refractivity contribution in [3.63, 3.8) is 0 Å². The van der Waals surface area contributed by atoms with E-state index in [1.165, 1.54) is 31.3 Å². The minimum absolute atomic E-state index is 0.0781. The molecule has 5 nitrogen and oxygen atoms in total. The first-order valence-corrected chi connectivity index (χ1v) is 8.20. The normalized spacial score (nSPS) is 10.9. The number of fused-ring (bicyclic) bond motifs is 1. The molecule has 0 saturated carbocycles. The molecule has 3 aromatic rings. The predicted molar refractivity (Wildman–Crippen MR) is 100 cm³/mol. The van der Waals surface area contributed by atoms with Crippen LogP contribution in [0.25, 0.3) is 10.8 Å². The highest BCUT2D eigenvalue weighted by molar-refractivity contribution is 6.37. The van der Waals surface area contributed by atoms with Gasteiger partial charge in [-0.05, 0) is 36.4 Å². The maximum atomic E-state index is 12.7. The van der Waals surface area contributed by atoms with Crippen molar-refractivity contribution in [3.8, 4) is 5.88 Å². The molecule has 0 atom stereocenters. The lowest BCUT2D eigenvalue weighted by Crippen LogP contribution is -2.22. The largest absolute Gasteiger partial charge is 0.494 e. The average molecular weight is 398 g/mol. The van der Waals surface area contributed by atoms with Crippen molar-refractivity contribution in [2.45, 2.75) is 0 Å². The highest BCUT2D eigenvalue weighted by Gasteiger charge is 2.21. The molecule has 0 saturated heterocycles. The number of carbonyl (C=O) groups excluding carboxylic acids is 1. The van der Waals surface area contributed by atoms with Crippen LogP contribution in [0.4, 0.5) is 5.69 Å². The molecule has 0 bridgehead atoms. The third-order valence-electron chi connectivity index (χ3n) is 3.73. The van der Waals surface area contributed by atoms with E-state index < -0.39 is 17.3 Å². The standard InChI is InChI=1S/C17H11Cl3N2O3/c1-22-16(24)10-4-2-8(18)6-11(10)14(17(22)25)15(23)21-13-5-3-9(19)7-12(13)20/h2-7,25H,1H3,(H,21,23). The van der Waals surface area contributed by atoms with Gasteiger partial charge in [0.1, 0.15) is 5.56 Å². The summed E-state index contributed by atoms with van der Waals surface area (Å²) in [4.78, 5) is 25.0. The lowest BCUT2D eigenvalue weighted by molar-refractivity contribution is 0.102. The lowest BCUT2D eigenvalue weighted by atomic mass is 10.1. The molecule has 8 heteroatoms. The second kappa shape index (κ2) is 6.59. The fraction of sp³-hybridized carbons (Fsp3) is 0.0588. The highest BCUT2D eigenvalue weighted by Crippen LogP contribution is 2.30. The van der Waals surface area contributed by atoms with Crippen LogP contribution >= 0.6 is 34.8 Å². The number of halogens is 3. The number of rotatable bonds is 2. The van der Waals surface area contributed by atoms with Gasteiger partial charge in [0.05, 0.1) is 10.7 Å². The van der Waals surface area contributed by atoms with E-state index in [1.807, 2.05) is 0 Å². The number of hydrogen-bond donors (Lipinski definition) is 2. The number of nitrogens with zero attached hydrogens (tertiary/aromatic N) is 1. The van der Waals surface area contributed by atoms with Crippen molar-refractivity contribution in [3.05, 3.63) is 67.4 Å². The molecule has 2 N–H and O–H groups in total. The van der Waals surface area contributed by atoms with Crippen LogP contribution in [0.2, 0.25) is 15.1 Å². The Kier molecular flexibility index (Phi) is 4.64. The first kappa shape index (κ1) is 17.6. The number of carbonyl (C=O) groups is 1. The van der Waals surface area contributed by atoms with Crippen molar-refractivity contribution in [1.82, 2.24) is 4.57 Å². The molecule has 1 heterocycles. The number of anilines is 1. The molecule has 1 aromatic heterocycles. The van der Waals surface area contributed by atoms with Crippen molar-refractivity contribution >= 4 is 57.2 Å². The molecule has 0 fully saturated rings. The van der Waals surface area contributed by atoms with Gasteiger partial charge in [0, 0.05) is 27.9 Å². The summed E-state index contributed by atoms with van der Waals surface area (Å²) in [5.41, 5.74) is -0.199. The number of aromatic hydroxyl groups is 1. The molecular weight excluding hydrogens is 387 g/mol. The summed E-state index contributed by atoms with van der Waals surface area (Å²) in [6.07, 6.45) is 0. The van der Waals surface area contributed by atoms with Crippen LogP contribution in [0.3, 0.4) is 0 Å². The van der Waals surface area contributed by atoms with Gasteiger partial charge < -0.3 is 10.4 Å². The van der Waals surface area contributed by atoms with Crippen LogP contribution in [0.5, 0.6) is 5.88 Å². The van der Waals surface area contributed by atoms with Crippen molar-refractivity contribution < 1.29 is 9.90 Å². The number of pyridine rings is 1. The van der Waals surface area contributed by atoms with Crippen LogP contribution in [0.15, 0.2) is 41.2 Å². The SMILES string of the molecule is Cn1c(O)c(C(=O)Nc2ccc(Cl)cc2Cl)c2cc(Cl)ccc2c1=O. The second-order valence-corrected chi connectivity index (χ2v) is 6.61. The first-order chi connectivity index (χ1) is 11.8. The number of benzene rings is 2. The summed E-state index contributed by atoms with van der Waals surface area (Å²) in [6.45, 7) is 0. The minimum atomic E-state index is -0.635. The molecule has 25 heavy (non-hydrogen) atoms. The van der Waals surface area contributed by atoms with Crippen LogP contribution in [-0.4, -0.2) is 15.6 Å². The van der Waals surface area contributed by atoms with E-state index in [2.05, 4.69) is 5.32 Å². The number of amides is 1. The van der Waals surface area contributed by atoms with E-state index >= 15 is 0 Å². The zero-order chi connectivity index (χ0) is 18.3. The summed E-state index contributed by atoms with van der Waals surface area (Å²) < 4.78 is 0.995. The van der Waals surface area contributed by atoms with Crippen LogP contribution in [0, 0.1) is 0 Å². The van der Waals surface area contributed by atoms with E-state index in [0.717, 1.165) is 4.57 Å². The summed E-state index contributed by atoms with van der Waals surface area (Å²) in [6, 6.07) is 9.09. The predicted octanol–water partition coefficient (Wildman–Crippen LogP) is 4.46. The number of aromatic nitrogens is 1. The Labute approximate surface area is 157 Å². The zero-order valence-electron chi connectivity index (χ0n) is 12.8. The van der Waals surface area contributed by atoms with E-state index in [9.17, 15) is 14.7 Å². The van der Waals surface area contributed by atoms with Gasteiger partial charge in [0.15, 0.2) is 0 Å². The molecule has 0 aliphatic heterocycles. The smallest absolute Gasteiger partial charge is 0.261 e. The summed E-state index contributed by atoms with van der Waals surface area (Å²) in [7, 11) is 1.37. The Bertz CT molecular complexity index is 1080. The summed E-state index contributed by atoms with van der Waals surface area (Å²) >= 11 is 17.9. The lowest BCUT2D eigenvalue weighted by Gasteiger charge is -2.13. The Morgan fingerprint density at radius 1 is 1.04 bits per heavy atom. The molecule has 0 spiro atoms. The summed E-state index contributed by atoms with van der Waals surface area (Å²) in [5.74, 6) is -1.10. The second-order valence-electron chi connectivity index (χ2n) is 5.33. The Hall–Kier alpha value is -2.21. The van der Waals surface area contributed by atoms with Crippen LogP contribution in [-0.2, 0) is 7.05 Å². The van der Waals surface area contributed by atoms with Gasteiger partial charge in [-0.25, -0.2) is 0 Å². The highest BCUT2D eigenvalue weighted by atomic mass is 35.5. The fourth-order valence-electron chi connectivity index (χ4n) is 2.47. The molecule has 1 amide bonds. The van der Waals surface area contributed by atoms with E-state index in [0.29, 0.717) is 15.7 Å². The van der Waals surface area contributed by atoms with Gasteiger partial charge >= 0.3 is 0 Å². The quantitative estimate of drug-likeness (QED) is 0.671. The third kappa shape index (κ3) is 3.18. The maximum absolute atomic E-state index is 12.7. The van der Waals surface area contributed by atoms with E-state index in [1.54, 1.807) is 12.1 Å². The maximum Gasteiger partial charge on any atom is 0.261 e. The van der Waals surface area contributed by atoms with Gasteiger partial charge in [-0.1, -0.05) is 34.8 Å². The Balaban J connectivity index is 2.19. The van der Waals surface area contributed by atoms with Gasteiger partial charge in [-0.3, -0.25) is 14.2 Å². The average Bonchev–Trinajstić information content (AvgIpc) is 2.55. The molecular formula is C17H11Cl3N2O3. The first-order valence-electron chi connectivity index (χ1n) is 7.07. The number of hydrogen-bond acceptors (Lipinski definition) is 3. The topological polar surface area (TPSA) is 71.3 Å². The zero-order valence-corrected chi connectivity index (χ0v) is 15.1. The number of nitrogens with one attached hydrogen (secondary N) is 1. The van der Waals surface area contributed by atoms with Crippen molar-refractivity contribution in [2.24, 2.45) is 7.05 Å². The molecule has 2 aromatic carbocycles. The molecule has 0 aliphatic carbocycles. The molecule has 0 unspecified atom stereocenters. The van der Waals surface area contributed by atoms with Crippen molar-refractivity contribution in [1.29, 1.82) is 0 Å². The van der Waals surface area contributed by atoms with Gasteiger partial charge in [0.2, 0.25) is 5.88 Å². The van der Waals surface area contributed by atoms with Gasteiger partial charge in [0.25, 0.3) is 11.5 Å². The Morgan fingerprint density at radius 3 is 2.36 bits per heavy atom. The van der Waals surface area contributed by atoms with E-state index in [4.69, 9.17) is 34.8 Å². The minimum Gasteiger partial charge on any atom is -0.494 e. The molecule has 0 aliphatic rings. The Morgan fingerprint density at radius 2 is 1.68 bits per heavy atom. The van der Waals surface area contributed by atoms with Gasteiger partial charge in [-0.2, -0.15) is 0 Å². The summed E-state index contributed by atoms with van der Waals surface area (Å²) in [5, 5.41) is 14.4. The van der Waals surface area contributed by atoms with E-state index in [-0.39, 0.29) is 21.4 Å². The van der Waals surface area contributed by atoms with Crippen LogP contribution < -0.4 is 10.9 Å². The fourth-order valence-corrected chi connectivity index (χ4v) is 3.10. The van der Waals surface area contributed by atoms with Gasteiger partial charge in [-0.15, -0.1) is 0 Å². The third-order valence-corrected chi connectivity index (χ3v) is 4.52. The molecule has 128 valence electrons. The molecule has 0 radical (unpaired) electrons. The molecule has 3 rings (SSSR count). The monoisotopic (exact) mass is 396 g/mol.